The van der Waals surface area contributed by atoms with E-state index in [1.54, 1.807) is 0 Å². The third kappa shape index (κ3) is 4.16. The predicted octanol–water partition coefficient (Wildman–Crippen LogP) is 5.02. The van der Waals surface area contributed by atoms with Crippen LogP contribution >= 0.6 is 0 Å². The molecule has 1 unspecified atom stereocenters. The van der Waals surface area contributed by atoms with E-state index in [1.807, 2.05) is 52.8 Å². The highest BCUT2D eigenvalue weighted by Crippen LogP contribution is 2.24. The van der Waals surface area contributed by atoms with Crippen molar-refractivity contribution in [3.05, 3.63) is 58.1 Å². The van der Waals surface area contributed by atoms with Crippen LogP contribution in [-0.4, -0.2) is 12.0 Å². The SMILES string of the molecule is CCC(Oc1cc(C)ccc1C)C(=O)Nc1c(C)cc(C)cc1C. The van der Waals surface area contributed by atoms with Crippen LogP contribution in [0.2, 0.25) is 0 Å². The lowest BCUT2D eigenvalue weighted by molar-refractivity contribution is -0.122. The number of ether oxygens (including phenoxy) is 1. The lowest BCUT2D eigenvalue weighted by atomic mass is 10.0. The van der Waals surface area contributed by atoms with Crippen molar-refractivity contribution in [2.75, 3.05) is 5.32 Å². The molecule has 128 valence electrons. The van der Waals surface area contributed by atoms with Crippen LogP contribution in [-0.2, 0) is 4.79 Å². The zero-order valence-corrected chi connectivity index (χ0v) is 15.5. The van der Waals surface area contributed by atoms with Crippen molar-refractivity contribution < 1.29 is 9.53 Å². The molecule has 2 rings (SSSR count). The van der Waals surface area contributed by atoms with E-state index in [-0.39, 0.29) is 5.91 Å². The molecule has 2 aromatic rings. The Kier molecular flexibility index (Phi) is 5.66. The summed E-state index contributed by atoms with van der Waals surface area (Å²) in [5.41, 5.74) is 6.38. The molecule has 2 aromatic carbocycles. The quantitative estimate of drug-likeness (QED) is 0.838. The molecule has 0 fully saturated rings. The van der Waals surface area contributed by atoms with E-state index in [0.717, 1.165) is 33.7 Å². The van der Waals surface area contributed by atoms with Crippen LogP contribution in [0.4, 0.5) is 5.69 Å². The molecular formula is C21H27NO2. The smallest absolute Gasteiger partial charge is 0.265 e. The highest BCUT2D eigenvalue weighted by Gasteiger charge is 2.20. The van der Waals surface area contributed by atoms with Gasteiger partial charge >= 0.3 is 0 Å². The average molecular weight is 325 g/mol. The number of carbonyl (C=O) groups is 1. The molecule has 3 heteroatoms. The minimum absolute atomic E-state index is 0.103. The van der Waals surface area contributed by atoms with E-state index >= 15 is 0 Å². The van der Waals surface area contributed by atoms with Gasteiger partial charge in [-0.15, -0.1) is 0 Å². The molecule has 1 N–H and O–H groups in total. The molecule has 0 heterocycles. The molecule has 0 aliphatic heterocycles. The van der Waals surface area contributed by atoms with E-state index in [2.05, 4.69) is 24.4 Å². The minimum atomic E-state index is -0.509. The van der Waals surface area contributed by atoms with Crippen LogP contribution in [0.25, 0.3) is 0 Å². The third-order valence-corrected chi connectivity index (χ3v) is 4.20. The van der Waals surface area contributed by atoms with E-state index in [4.69, 9.17) is 4.74 Å². The molecule has 0 saturated carbocycles. The summed E-state index contributed by atoms with van der Waals surface area (Å²) in [6.07, 6.45) is 0.106. The van der Waals surface area contributed by atoms with Crippen LogP contribution < -0.4 is 10.1 Å². The van der Waals surface area contributed by atoms with Gasteiger partial charge in [-0.2, -0.15) is 0 Å². The monoisotopic (exact) mass is 325 g/mol. The topological polar surface area (TPSA) is 38.3 Å². The Bertz CT molecular complexity index is 726. The van der Waals surface area contributed by atoms with Gasteiger partial charge < -0.3 is 10.1 Å². The molecule has 1 atom stereocenters. The van der Waals surface area contributed by atoms with Gasteiger partial charge in [0.05, 0.1) is 0 Å². The van der Waals surface area contributed by atoms with Crippen molar-refractivity contribution in [2.24, 2.45) is 0 Å². The molecule has 0 spiro atoms. The largest absolute Gasteiger partial charge is 0.480 e. The van der Waals surface area contributed by atoms with Crippen LogP contribution in [0, 0.1) is 34.6 Å². The second-order valence-corrected chi connectivity index (χ2v) is 6.55. The highest BCUT2D eigenvalue weighted by atomic mass is 16.5. The second-order valence-electron chi connectivity index (χ2n) is 6.55. The first-order valence-electron chi connectivity index (χ1n) is 8.44. The second kappa shape index (κ2) is 7.52. The van der Waals surface area contributed by atoms with E-state index in [9.17, 15) is 4.79 Å². The Balaban J connectivity index is 2.19. The van der Waals surface area contributed by atoms with E-state index in [1.165, 1.54) is 5.56 Å². The number of benzene rings is 2. The number of hydrogen-bond acceptors (Lipinski definition) is 2. The number of hydrogen-bond donors (Lipinski definition) is 1. The maximum atomic E-state index is 12.7. The summed E-state index contributed by atoms with van der Waals surface area (Å²) in [6.45, 7) is 12.1. The normalized spacial score (nSPS) is 11.9. The van der Waals surface area contributed by atoms with Gasteiger partial charge in [0.15, 0.2) is 6.10 Å². The third-order valence-electron chi connectivity index (χ3n) is 4.20. The molecule has 0 saturated heterocycles. The minimum Gasteiger partial charge on any atom is -0.480 e. The fraction of sp³-hybridized carbons (Fsp3) is 0.381. The number of amides is 1. The first-order chi connectivity index (χ1) is 11.3. The van der Waals surface area contributed by atoms with Crippen LogP contribution in [0.1, 0.15) is 41.2 Å². The van der Waals surface area contributed by atoms with Gasteiger partial charge in [-0.05, 0) is 69.4 Å². The van der Waals surface area contributed by atoms with Gasteiger partial charge in [-0.25, -0.2) is 0 Å². The molecule has 0 aliphatic carbocycles. The molecule has 1 amide bonds. The van der Waals surface area contributed by atoms with Crippen molar-refractivity contribution in [1.29, 1.82) is 0 Å². The van der Waals surface area contributed by atoms with Gasteiger partial charge in [0, 0.05) is 5.69 Å². The standard InChI is InChI=1S/C21H27NO2/c1-7-18(24-19-12-13(2)8-9-15(19)4)21(23)22-20-16(5)10-14(3)11-17(20)6/h8-12,18H,7H2,1-6H3,(H,22,23). The summed E-state index contributed by atoms with van der Waals surface area (Å²) >= 11 is 0. The lowest BCUT2D eigenvalue weighted by Gasteiger charge is -2.20. The van der Waals surface area contributed by atoms with Crippen molar-refractivity contribution in [2.45, 2.75) is 54.1 Å². The number of aryl methyl sites for hydroxylation is 5. The summed E-state index contributed by atoms with van der Waals surface area (Å²) in [5, 5.41) is 3.05. The zero-order valence-electron chi connectivity index (χ0n) is 15.5. The first kappa shape index (κ1) is 18.1. The van der Waals surface area contributed by atoms with Crippen LogP contribution in [0.3, 0.4) is 0 Å². The fourth-order valence-electron chi connectivity index (χ4n) is 2.89. The fourth-order valence-corrected chi connectivity index (χ4v) is 2.89. The van der Waals surface area contributed by atoms with E-state index < -0.39 is 6.10 Å². The molecule has 3 nitrogen and oxygen atoms in total. The summed E-state index contributed by atoms with van der Waals surface area (Å²) in [7, 11) is 0. The van der Waals surface area contributed by atoms with Crippen molar-refractivity contribution >= 4 is 11.6 Å². The van der Waals surface area contributed by atoms with Gasteiger partial charge in [-0.1, -0.05) is 36.8 Å². The van der Waals surface area contributed by atoms with Crippen LogP contribution in [0.5, 0.6) is 5.75 Å². The Labute approximate surface area is 145 Å². The molecule has 0 bridgehead atoms. The number of rotatable bonds is 5. The average Bonchev–Trinajstić information content (AvgIpc) is 2.51. The van der Waals surface area contributed by atoms with Gasteiger partial charge in [0.25, 0.3) is 5.91 Å². The molecular weight excluding hydrogens is 298 g/mol. The molecule has 0 radical (unpaired) electrons. The van der Waals surface area contributed by atoms with Crippen molar-refractivity contribution in [3.63, 3.8) is 0 Å². The Hall–Kier alpha value is -2.29. The van der Waals surface area contributed by atoms with Gasteiger partial charge in [-0.3, -0.25) is 4.79 Å². The van der Waals surface area contributed by atoms with Gasteiger partial charge in [0.2, 0.25) is 0 Å². The Morgan fingerprint density at radius 3 is 2.17 bits per heavy atom. The Morgan fingerprint density at radius 1 is 0.958 bits per heavy atom. The van der Waals surface area contributed by atoms with Crippen molar-refractivity contribution in [3.8, 4) is 5.75 Å². The predicted molar refractivity (Wildman–Crippen MR) is 99.9 cm³/mol. The Morgan fingerprint density at radius 2 is 1.58 bits per heavy atom. The summed E-state index contributed by atoms with van der Waals surface area (Å²) < 4.78 is 6.00. The van der Waals surface area contributed by atoms with Crippen LogP contribution in [0.15, 0.2) is 30.3 Å². The van der Waals surface area contributed by atoms with Crippen molar-refractivity contribution in [1.82, 2.24) is 0 Å². The van der Waals surface area contributed by atoms with E-state index in [0.29, 0.717) is 6.42 Å². The number of anilines is 1. The molecule has 0 aliphatic rings. The molecule has 0 aromatic heterocycles. The number of nitrogens with one attached hydrogen (secondary N) is 1. The highest BCUT2D eigenvalue weighted by molar-refractivity contribution is 5.95. The number of carbonyl (C=O) groups excluding carboxylic acids is 1. The lowest BCUT2D eigenvalue weighted by Crippen LogP contribution is -2.33. The maximum Gasteiger partial charge on any atom is 0.265 e. The summed E-state index contributed by atoms with van der Waals surface area (Å²) in [5.74, 6) is 0.669. The zero-order chi connectivity index (χ0) is 17.9. The van der Waals surface area contributed by atoms with Gasteiger partial charge in [0.1, 0.15) is 5.75 Å². The summed E-state index contributed by atoms with van der Waals surface area (Å²) in [4.78, 5) is 12.7. The first-order valence-corrected chi connectivity index (χ1v) is 8.44. The summed E-state index contributed by atoms with van der Waals surface area (Å²) in [6, 6.07) is 10.2. The molecule has 24 heavy (non-hydrogen) atoms. The maximum absolute atomic E-state index is 12.7.